The van der Waals surface area contributed by atoms with Crippen LogP contribution in [0.3, 0.4) is 0 Å². The zero-order chi connectivity index (χ0) is 17.0. The second-order valence-corrected chi connectivity index (χ2v) is 5.45. The summed E-state index contributed by atoms with van der Waals surface area (Å²) in [5.41, 5.74) is 0.994. The van der Waals surface area contributed by atoms with Gasteiger partial charge in [0, 0.05) is 22.2 Å². The topological polar surface area (TPSA) is 85.1 Å². The van der Waals surface area contributed by atoms with Crippen LogP contribution in [0.15, 0.2) is 36.5 Å². The second kappa shape index (κ2) is 7.21. The molecule has 2 aromatic rings. The molecule has 0 saturated heterocycles. The van der Waals surface area contributed by atoms with Crippen LogP contribution in [0.4, 0.5) is 11.5 Å². The molecule has 0 spiro atoms. The maximum absolute atomic E-state index is 11.9. The molecule has 2 rings (SSSR count). The Morgan fingerprint density at radius 2 is 2.09 bits per heavy atom. The van der Waals surface area contributed by atoms with E-state index < -0.39 is 10.8 Å². The molecule has 0 saturated carbocycles. The second-order valence-electron chi connectivity index (χ2n) is 4.60. The number of benzene rings is 1. The Morgan fingerprint density at radius 3 is 2.70 bits per heavy atom. The van der Waals surface area contributed by atoms with Crippen LogP contribution in [0.2, 0.25) is 10.0 Å². The lowest BCUT2D eigenvalue weighted by Crippen LogP contribution is -2.10. The smallest absolute Gasteiger partial charge is 0.287 e. The quantitative estimate of drug-likeness (QED) is 0.506. The zero-order valence-corrected chi connectivity index (χ0v) is 13.4. The van der Waals surface area contributed by atoms with Gasteiger partial charge in [-0.3, -0.25) is 14.9 Å². The van der Waals surface area contributed by atoms with Crippen molar-refractivity contribution >= 4 is 46.7 Å². The van der Waals surface area contributed by atoms with Crippen molar-refractivity contribution in [2.75, 3.05) is 5.32 Å². The van der Waals surface area contributed by atoms with Gasteiger partial charge in [0.1, 0.15) is 12.0 Å². The summed E-state index contributed by atoms with van der Waals surface area (Å²) in [6.45, 7) is 1.62. The minimum absolute atomic E-state index is 0.135. The first-order chi connectivity index (χ1) is 10.9. The third-order valence-electron chi connectivity index (χ3n) is 2.89. The molecule has 1 amide bonds. The number of carbonyl (C=O) groups is 1. The Morgan fingerprint density at radius 1 is 1.35 bits per heavy atom. The Balaban J connectivity index is 2.10. The molecule has 0 bridgehead atoms. The molecule has 6 nitrogen and oxygen atoms in total. The Bertz CT molecular complexity index is 807. The first-order valence-electron chi connectivity index (χ1n) is 6.42. The van der Waals surface area contributed by atoms with Gasteiger partial charge in [0.15, 0.2) is 0 Å². The maximum atomic E-state index is 11.9. The van der Waals surface area contributed by atoms with Crippen molar-refractivity contribution in [2.45, 2.75) is 6.92 Å². The zero-order valence-electron chi connectivity index (χ0n) is 11.9. The van der Waals surface area contributed by atoms with Gasteiger partial charge in [0.2, 0.25) is 5.91 Å². The molecule has 0 atom stereocenters. The fourth-order valence-electron chi connectivity index (χ4n) is 1.75. The maximum Gasteiger partial charge on any atom is 0.287 e. The van der Waals surface area contributed by atoms with Crippen LogP contribution in [0.1, 0.15) is 11.1 Å². The van der Waals surface area contributed by atoms with E-state index in [4.69, 9.17) is 23.2 Å². The molecule has 8 heteroatoms. The number of nitrogens with one attached hydrogen (secondary N) is 1. The van der Waals surface area contributed by atoms with Crippen molar-refractivity contribution in [3.63, 3.8) is 0 Å². The molecule has 0 radical (unpaired) electrons. The Kier molecular flexibility index (Phi) is 5.31. The van der Waals surface area contributed by atoms with Crippen LogP contribution in [0.25, 0.3) is 6.08 Å². The summed E-state index contributed by atoms with van der Waals surface area (Å²) in [5.74, 6) is -0.173. The number of carbonyl (C=O) groups excluding carboxylic acids is 1. The van der Waals surface area contributed by atoms with E-state index in [2.05, 4.69) is 10.3 Å². The summed E-state index contributed by atoms with van der Waals surface area (Å²) in [5, 5.41) is 14.1. The third kappa shape index (κ3) is 4.51. The number of amides is 1. The molecule has 0 unspecified atom stereocenters. The first-order valence-corrected chi connectivity index (χ1v) is 7.17. The Hall–Kier alpha value is -2.44. The van der Waals surface area contributed by atoms with Crippen LogP contribution in [-0.2, 0) is 4.79 Å². The van der Waals surface area contributed by atoms with E-state index in [-0.39, 0.29) is 11.5 Å². The lowest BCUT2D eigenvalue weighted by molar-refractivity contribution is -0.385. The fraction of sp³-hybridized carbons (Fsp3) is 0.0667. The molecule has 0 aliphatic rings. The number of hydrogen-bond donors (Lipinski definition) is 1. The van der Waals surface area contributed by atoms with Gasteiger partial charge in [0.25, 0.3) is 5.69 Å². The van der Waals surface area contributed by atoms with Gasteiger partial charge in [-0.05, 0) is 36.3 Å². The van der Waals surface area contributed by atoms with E-state index in [9.17, 15) is 14.9 Å². The van der Waals surface area contributed by atoms with Crippen LogP contribution in [0, 0.1) is 17.0 Å². The van der Waals surface area contributed by atoms with E-state index in [1.54, 1.807) is 25.1 Å². The monoisotopic (exact) mass is 351 g/mol. The highest BCUT2D eigenvalue weighted by molar-refractivity contribution is 6.35. The lowest BCUT2D eigenvalue weighted by atomic mass is 10.2. The molecule has 1 heterocycles. The molecule has 0 aliphatic carbocycles. The first kappa shape index (κ1) is 16.9. The van der Waals surface area contributed by atoms with Crippen molar-refractivity contribution in [3.8, 4) is 0 Å². The number of hydrogen-bond acceptors (Lipinski definition) is 4. The third-order valence-corrected chi connectivity index (χ3v) is 3.46. The van der Waals surface area contributed by atoms with Crippen LogP contribution in [0.5, 0.6) is 0 Å². The summed E-state index contributed by atoms with van der Waals surface area (Å²) in [6, 6.07) is 6.25. The normalized spacial score (nSPS) is 10.7. The van der Waals surface area contributed by atoms with E-state index in [1.165, 1.54) is 18.2 Å². The predicted octanol–water partition coefficient (Wildman–Crippen LogP) is 4.26. The molecule has 23 heavy (non-hydrogen) atoms. The van der Waals surface area contributed by atoms with Crippen molar-refractivity contribution < 1.29 is 9.72 Å². The fourth-order valence-corrected chi connectivity index (χ4v) is 2.22. The van der Waals surface area contributed by atoms with Crippen LogP contribution < -0.4 is 5.32 Å². The molecule has 118 valence electrons. The van der Waals surface area contributed by atoms with Crippen molar-refractivity contribution in [1.82, 2.24) is 4.98 Å². The number of aryl methyl sites for hydroxylation is 1. The van der Waals surface area contributed by atoms with E-state index in [1.807, 2.05) is 0 Å². The summed E-state index contributed by atoms with van der Waals surface area (Å²) in [4.78, 5) is 25.9. The average Bonchev–Trinajstić information content (AvgIpc) is 2.48. The number of halogens is 2. The van der Waals surface area contributed by atoms with Gasteiger partial charge < -0.3 is 5.32 Å². The predicted molar refractivity (Wildman–Crippen MR) is 89.8 cm³/mol. The van der Waals surface area contributed by atoms with Gasteiger partial charge >= 0.3 is 0 Å². The van der Waals surface area contributed by atoms with Gasteiger partial charge in [-0.15, -0.1) is 0 Å². The molecule has 1 aromatic carbocycles. The minimum atomic E-state index is -0.548. The minimum Gasteiger partial charge on any atom is -0.307 e. The number of pyridine rings is 1. The molecular formula is C15H11Cl2N3O3. The van der Waals surface area contributed by atoms with Gasteiger partial charge in [0.05, 0.1) is 4.92 Å². The Labute approximate surface area is 141 Å². The number of aromatic nitrogens is 1. The van der Waals surface area contributed by atoms with Crippen molar-refractivity contribution in [2.24, 2.45) is 0 Å². The van der Waals surface area contributed by atoms with E-state index in [0.29, 0.717) is 21.2 Å². The summed E-state index contributed by atoms with van der Waals surface area (Å²) >= 11 is 11.8. The number of nitro groups is 1. The van der Waals surface area contributed by atoms with Crippen molar-refractivity contribution in [3.05, 3.63) is 67.8 Å². The molecular weight excluding hydrogens is 341 g/mol. The highest BCUT2D eigenvalue weighted by Gasteiger charge is 2.10. The largest absolute Gasteiger partial charge is 0.307 e. The van der Waals surface area contributed by atoms with Gasteiger partial charge in [-0.2, -0.15) is 0 Å². The molecule has 1 N–H and O–H groups in total. The van der Waals surface area contributed by atoms with Gasteiger partial charge in [-0.25, -0.2) is 4.98 Å². The summed E-state index contributed by atoms with van der Waals surface area (Å²) < 4.78 is 0. The van der Waals surface area contributed by atoms with E-state index in [0.717, 1.165) is 6.20 Å². The SMILES string of the molecule is Cc1cc([N+](=O)[O-])cnc1NC(=O)/C=C/c1ccc(Cl)cc1Cl. The number of rotatable bonds is 4. The van der Waals surface area contributed by atoms with Crippen LogP contribution >= 0.6 is 23.2 Å². The molecule has 1 aromatic heterocycles. The van der Waals surface area contributed by atoms with Crippen molar-refractivity contribution in [1.29, 1.82) is 0 Å². The number of nitrogens with zero attached hydrogens (tertiary/aromatic N) is 2. The molecule has 0 aliphatic heterocycles. The standard InChI is InChI=1S/C15H11Cl2N3O3/c1-9-6-12(20(22)23)8-18-15(9)19-14(21)5-3-10-2-4-11(16)7-13(10)17/h2-8H,1H3,(H,18,19,21)/b5-3+. The summed E-state index contributed by atoms with van der Waals surface area (Å²) in [7, 11) is 0. The highest BCUT2D eigenvalue weighted by Crippen LogP contribution is 2.22. The number of anilines is 1. The van der Waals surface area contributed by atoms with Gasteiger partial charge in [-0.1, -0.05) is 29.3 Å². The van der Waals surface area contributed by atoms with E-state index >= 15 is 0 Å². The average molecular weight is 352 g/mol. The lowest BCUT2D eigenvalue weighted by Gasteiger charge is -2.04. The highest BCUT2D eigenvalue weighted by atomic mass is 35.5. The molecule has 0 fully saturated rings. The summed E-state index contributed by atoms with van der Waals surface area (Å²) in [6.07, 6.45) is 3.91. The van der Waals surface area contributed by atoms with Crippen LogP contribution in [-0.4, -0.2) is 15.8 Å².